The summed E-state index contributed by atoms with van der Waals surface area (Å²) in [6, 6.07) is 4.94. The molecule has 1 aliphatic heterocycles. The van der Waals surface area contributed by atoms with Gasteiger partial charge in [0.05, 0.1) is 12.2 Å². The SMILES string of the molecule is CC1CN(c2cccc(F)c2C(C)O)CCCO1. The first-order chi connectivity index (χ1) is 8.59. The van der Waals surface area contributed by atoms with Crippen LogP contribution >= 0.6 is 0 Å². The second-order valence-electron chi connectivity index (χ2n) is 4.83. The summed E-state index contributed by atoms with van der Waals surface area (Å²) in [5.74, 6) is -0.347. The molecule has 4 heteroatoms. The molecule has 1 saturated heterocycles. The van der Waals surface area contributed by atoms with Crippen LogP contribution in [0.3, 0.4) is 0 Å². The lowest BCUT2D eigenvalue weighted by atomic mass is 10.1. The fourth-order valence-electron chi connectivity index (χ4n) is 2.43. The maximum absolute atomic E-state index is 13.8. The maximum atomic E-state index is 13.8. The van der Waals surface area contributed by atoms with Crippen LogP contribution in [0.5, 0.6) is 0 Å². The number of aliphatic hydroxyl groups is 1. The van der Waals surface area contributed by atoms with Gasteiger partial charge < -0.3 is 14.7 Å². The highest BCUT2D eigenvalue weighted by Crippen LogP contribution is 2.30. The highest BCUT2D eigenvalue weighted by Gasteiger charge is 2.21. The summed E-state index contributed by atoms with van der Waals surface area (Å²) in [5.41, 5.74) is 1.16. The van der Waals surface area contributed by atoms with E-state index in [2.05, 4.69) is 4.90 Å². The molecule has 0 aliphatic carbocycles. The average molecular weight is 253 g/mol. The average Bonchev–Trinajstić information content (AvgIpc) is 2.53. The van der Waals surface area contributed by atoms with Crippen LogP contribution in [0.4, 0.5) is 10.1 Å². The molecule has 0 amide bonds. The Hall–Kier alpha value is -1.13. The lowest BCUT2D eigenvalue weighted by molar-refractivity contribution is 0.0820. The molecule has 100 valence electrons. The Bertz CT molecular complexity index is 409. The zero-order valence-electron chi connectivity index (χ0n) is 10.9. The van der Waals surface area contributed by atoms with Crippen molar-refractivity contribution in [1.82, 2.24) is 0 Å². The van der Waals surface area contributed by atoms with Gasteiger partial charge >= 0.3 is 0 Å². The van der Waals surface area contributed by atoms with Crippen LogP contribution in [0, 0.1) is 5.82 Å². The van der Waals surface area contributed by atoms with Crippen molar-refractivity contribution in [2.75, 3.05) is 24.6 Å². The molecule has 1 aliphatic rings. The van der Waals surface area contributed by atoms with Crippen LogP contribution in [0.2, 0.25) is 0 Å². The first-order valence-electron chi connectivity index (χ1n) is 6.42. The zero-order valence-corrected chi connectivity index (χ0v) is 10.9. The quantitative estimate of drug-likeness (QED) is 0.879. The Labute approximate surface area is 107 Å². The van der Waals surface area contributed by atoms with Crippen LogP contribution in [0.15, 0.2) is 18.2 Å². The van der Waals surface area contributed by atoms with Crippen molar-refractivity contribution >= 4 is 5.69 Å². The van der Waals surface area contributed by atoms with E-state index in [0.717, 1.165) is 31.8 Å². The summed E-state index contributed by atoms with van der Waals surface area (Å²) in [5, 5.41) is 9.75. The summed E-state index contributed by atoms with van der Waals surface area (Å²) in [4.78, 5) is 2.10. The second-order valence-corrected chi connectivity index (χ2v) is 4.83. The Morgan fingerprint density at radius 1 is 1.50 bits per heavy atom. The van der Waals surface area contributed by atoms with Crippen molar-refractivity contribution in [2.45, 2.75) is 32.5 Å². The van der Waals surface area contributed by atoms with Gasteiger partial charge in [-0.3, -0.25) is 0 Å². The van der Waals surface area contributed by atoms with Gasteiger partial charge in [-0.25, -0.2) is 4.39 Å². The van der Waals surface area contributed by atoms with E-state index in [0.29, 0.717) is 5.56 Å². The summed E-state index contributed by atoms with van der Waals surface area (Å²) in [6.45, 7) is 5.90. The summed E-state index contributed by atoms with van der Waals surface area (Å²) in [7, 11) is 0. The molecule has 0 bridgehead atoms. The van der Waals surface area contributed by atoms with Gasteiger partial charge in [0, 0.05) is 30.9 Å². The molecule has 0 radical (unpaired) electrons. The predicted molar refractivity (Wildman–Crippen MR) is 69.3 cm³/mol. The van der Waals surface area contributed by atoms with E-state index in [1.807, 2.05) is 13.0 Å². The number of aliphatic hydroxyl groups excluding tert-OH is 1. The third-order valence-electron chi connectivity index (χ3n) is 3.24. The standard InChI is InChI=1S/C14H20FNO2/c1-10-9-16(7-4-8-18-10)13-6-3-5-12(15)14(13)11(2)17/h3,5-6,10-11,17H,4,7-9H2,1-2H3. The lowest BCUT2D eigenvalue weighted by Gasteiger charge is -2.27. The number of halogens is 1. The first kappa shape index (κ1) is 13.3. The molecule has 2 rings (SSSR count). The topological polar surface area (TPSA) is 32.7 Å². The van der Waals surface area contributed by atoms with Crippen molar-refractivity contribution in [1.29, 1.82) is 0 Å². The van der Waals surface area contributed by atoms with Crippen molar-refractivity contribution < 1.29 is 14.2 Å². The van der Waals surface area contributed by atoms with Gasteiger partial charge in [0.25, 0.3) is 0 Å². The minimum Gasteiger partial charge on any atom is -0.389 e. The van der Waals surface area contributed by atoms with Gasteiger partial charge in [-0.2, -0.15) is 0 Å². The van der Waals surface area contributed by atoms with Crippen LogP contribution in [0.1, 0.15) is 31.9 Å². The first-order valence-corrected chi connectivity index (χ1v) is 6.42. The van der Waals surface area contributed by atoms with E-state index in [4.69, 9.17) is 4.74 Å². The predicted octanol–water partition coefficient (Wildman–Crippen LogP) is 2.49. The smallest absolute Gasteiger partial charge is 0.131 e. The van der Waals surface area contributed by atoms with E-state index >= 15 is 0 Å². The van der Waals surface area contributed by atoms with Gasteiger partial charge in [0.15, 0.2) is 0 Å². The van der Waals surface area contributed by atoms with Gasteiger partial charge in [-0.05, 0) is 32.4 Å². The monoisotopic (exact) mass is 253 g/mol. The normalized spacial score (nSPS) is 22.7. The summed E-state index contributed by atoms with van der Waals surface area (Å²) >= 11 is 0. The second kappa shape index (κ2) is 5.67. The highest BCUT2D eigenvalue weighted by atomic mass is 19.1. The fraction of sp³-hybridized carbons (Fsp3) is 0.571. The number of nitrogens with zero attached hydrogens (tertiary/aromatic N) is 1. The molecular formula is C14H20FNO2. The molecular weight excluding hydrogens is 233 g/mol. The molecule has 0 saturated carbocycles. The largest absolute Gasteiger partial charge is 0.389 e. The Morgan fingerprint density at radius 3 is 3.00 bits per heavy atom. The summed E-state index contributed by atoms with van der Waals surface area (Å²) in [6.07, 6.45) is 0.235. The Balaban J connectivity index is 2.34. The van der Waals surface area contributed by atoms with Crippen LogP contribution in [-0.2, 0) is 4.74 Å². The number of anilines is 1. The summed E-state index contributed by atoms with van der Waals surface area (Å²) < 4.78 is 19.4. The number of ether oxygens (including phenoxy) is 1. The zero-order chi connectivity index (χ0) is 13.1. The van der Waals surface area contributed by atoms with Crippen molar-refractivity contribution in [2.24, 2.45) is 0 Å². The maximum Gasteiger partial charge on any atom is 0.131 e. The van der Waals surface area contributed by atoms with E-state index in [-0.39, 0.29) is 11.9 Å². The van der Waals surface area contributed by atoms with Gasteiger partial charge in [0.2, 0.25) is 0 Å². The van der Waals surface area contributed by atoms with Crippen LogP contribution < -0.4 is 4.90 Å². The van der Waals surface area contributed by atoms with E-state index in [9.17, 15) is 9.50 Å². The molecule has 18 heavy (non-hydrogen) atoms. The molecule has 0 aromatic heterocycles. The molecule has 1 fully saturated rings. The minimum absolute atomic E-state index is 0.123. The Morgan fingerprint density at radius 2 is 2.28 bits per heavy atom. The van der Waals surface area contributed by atoms with E-state index in [1.165, 1.54) is 6.07 Å². The third kappa shape index (κ3) is 2.82. The van der Waals surface area contributed by atoms with Crippen molar-refractivity contribution in [3.8, 4) is 0 Å². The Kier molecular flexibility index (Phi) is 4.19. The number of benzene rings is 1. The molecule has 1 N–H and O–H groups in total. The molecule has 1 aromatic carbocycles. The molecule has 3 nitrogen and oxygen atoms in total. The molecule has 2 atom stereocenters. The van der Waals surface area contributed by atoms with Gasteiger partial charge in [-0.1, -0.05) is 6.07 Å². The minimum atomic E-state index is -0.805. The fourth-order valence-corrected chi connectivity index (χ4v) is 2.43. The lowest BCUT2D eigenvalue weighted by Crippen LogP contribution is -2.31. The van der Waals surface area contributed by atoms with Crippen LogP contribution in [0.25, 0.3) is 0 Å². The number of hydrogen-bond acceptors (Lipinski definition) is 3. The van der Waals surface area contributed by atoms with Gasteiger partial charge in [-0.15, -0.1) is 0 Å². The number of hydrogen-bond donors (Lipinski definition) is 1. The molecule has 0 spiro atoms. The molecule has 1 heterocycles. The van der Waals surface area contributed by atoms with Crippen molar-refractivity contribution in [3.63, 3.8) is 0 Å². The van der Waals surface area contributed by atoms with E-state index in [1.54, 1.807) is 13.0 Å². The van der Waals surface area contributed by atoms with Crippen molar-refractivity contribution in [3.05, 3.63) is 29.6 Å². The third-order valence-corrected chi connectivity index (χ3v) is 3.24. The highest BCUT2D eigenvalue weighted by molar-refractivity contribution is 5.55. The molecule has 1 aromatic rings. The number of rotatable bonds is 2. The van der Waals surface area contributed by atoms with E-state index < -0.39 is 6.10 Å². The molecule has 2 unspecified atom stereocenters. The van der Waals surface area contributed by atoms with Crippen LogP contribution in [-0.4, -0.2) is 30.9 Å². The van der Waals surface area contributed by atoms with Gasteiger partial charge in [0.1, 0.15) is 5.82 Å².